The zero-order valence-electron chi connectivity index (χ0n) is 14.4. The van der Waals surface area contributed by atoms with E-state index in [9.17, 15) is 4.79 Å². The van der Waals surface area contributed by atoms with Crippen molar-refractivity contribution in [1.29, 1.82) is 0 Å². The summed E-state index contributed by atoms with van der Waals surface area (Å²) in [7, 11) is 0. The number of pyridine rings is 1. The van der Waals surface area contributed by atoms with Gasteiger partial charge in [0.25, 0.3) is 5.91 Å². The van der Waals surface area contributed by atoms with E-state index in [0.29, 0.717) is 37.7 Å². The number of amides is 1. The van der Waals surface area contributed by atoms with E-state index in [1.807, 2.05) is 31.2 Å². The number of anilines is 1. The van der Waals surface area contributed by atoms with Crippen LogP contribution < -0.4 is 15.0 Å². The van der Waals surface area contributed by atoms with Gasteiger partial charge in [0.05, 0.1) is 25.3 Å². The van der Waals surface area contributed by atoms with Crippen molar-refractivity contribution in [2.45, 2.75) is 6.92 Å². The van der Waals surface area contributed by atoms with Gasteiger partial charge >= 0.3 is 0 Å². The lowest BCUT2D eigenvalue weighted by Gasteiger charge is -2.29. The minimum absolute atomic E-state index is 0.137. The molecule has 0 aliphatic carbocycles. The van der Waals surface area contributed by atoms with Crippen LogP contribution in [0.25, 0.3) is 0 Å². The largest absolute Gasteiger partial charge is 0.492 e. The monoisotopic (exact) mass is 341 g/mol. The number of rotatable bonds is 6. The number of hydrogen-bond donors (Lipinski definition) is 1. The van der Waals surface area contributed by atoms with E-state index < -0.39 is 0 Å². The molecule has 0 bridgehead atoms. The number of benzene rings is 1. The Morgan fingerprint density at radius 1 is 1.24 bits per heavy atom. The Morgan fingerprint density at radius 3 is 2.76 bits per heavy atom. The van der Waals surface area contributed by atoms with Crippen LogP contribution in [0.15, 0.2) is 42.6 Å². The van der Waals surface area contributed by atoms with Crippen LogP contribution in [-0.4, -0.2) is 50.3 Å². The van der Waals surface area contributed by atoms with Crippen molar-refractivity contribution < 1.29 is 14.3 Å². The van der Waals surface area contributed by atoms with Crippen molar-refractivity contribution >= 4 is 11.7 Å². The molecule has 2 heterocycles. The van der Waals surface area contributed by atoms with Gasteiger partial charge in [-0.3, -0.25) is 4.79 Å². The second kappa shape index (κ2) is 8.48. The molecule has 1 N–H and O–H groups in total. The quantitative estimate of drug-likeness (QED) is 0.815. The normalized spacial score (nSPS) is 14.2. The third-order valence-electron chi connectivity index (χ3n) is 4.02. The molecule has 0 atom stereocenters. The molecule has 1 amide bonds. The van der Waals surface area contributed by atoms with Gasteiger partial charge in [0.2, 0.25) is 0 Å². The van der Waals surface area contributed by atoms with Gasteiger partial charge < -0.3 is 19.7 Å². The maximum absolute atomic E-state index is 12.5. The highest BCUT2D eigenvalue weighted by molar-refractivity contribution is 5.98. The minimum atomic E-state index is -0.137. The summed E-state index contributed by atoms with van der Waals surface area (Å²) in [6.07, 6.45) is 1.71. The molecular weight excluding hydrogens is 318 g/mol. The highest BCUT2D eigenvalue weighted by Crippen LogP contribution is 2.18. The van der Waals surface area contributed by atoms with Crippen LogP contribution in [0, 0.1) is 6.92 Å². The van der Waals surface area contributed by atoms with Gasteiger partial charge in [0.1, 0.15) is 18.2 Å². The van der Waals surface area contributed by atoms with Crippen molar-refractivity contribution in [3.8, 4) is 5.75 Å². The molecule has 1 aliphatic rings. The van der Waals surface area contributed by atoms with Gasteiger partial charge in [-0.1, -0.05) is 17.7 Å². The van der Waals surface area contributed by atoms with Crippen LogP contribution in [0.2, 0.25) is 0 Å². The highest BCUT2D eigenvalue weighted by atomic mass is 16.5. The summed E-state index contributed by atoms with van der Waals surface area (Å²) < 4.78 is 11.0. The Balaban J connectivity index is 1.53. The summed E-state index contributed by atoms with van der Waals surface area (Å²) in [5.74, 6) is 1.38. The van der Waals surface area contributed by atoms with Crippen LogP contribution in [0.1, 0.15) is 15.9 Å². The molecular formula is C19H23N3O3. The maximum atomic E-state index is 12.5. The number of nitrogens with zero attached hydrogens (tertiary/aromatic N) is 2. The molecule has 2 aromatic rings. The summed E-state index contributed by atoms with van der Waals surface area (Å²) in [6, 6.07) is 11.4. The van der Waals surface area contributed by atoms with Crippen molar-refractivity contribution in [2.75, 3.05) is 44.4 Å². The Kier molecular flexibility index (Phi) is 5.85. The van der Waals surface area contributed by atoms with Crippen LogP contribution in [0.3, 0.4) is 0 Å². The first kappa shape index (κ1) is 17.2. The number of ether oxygens (including phenoxy) is 2. The molecule has 0 spiro atoms. The number of aryl methyl sites for hydroxylation is 1. The zero-order chi connectivity index (χ0) is 17.5. The summed E-state index contributed by atoms with van der Waals surface area (Å²) in [5, 5.41) is 2.90. The molecule has 1 saturated heterocycles. The third kappa shape index (κ3) is 4.70. The van der Waals surface area contributed by atoms with Crippen molar-refractivity contribution in [3.63, 3.8) is 0 Å². The van der Waals surface area contributed by atoms with Gasteiger partial charge in [-0.2, -0.15) is 0 Å². The van der Waals surface area contributed by atoms with E-state index in [2.05, 4.69) is 15.2 Å². The molecule has 3 rings (SSSR count). The Bertz CT molecular complexity index is 697. The van der Waals surface area contributed by atoms with E-state index in [-0.39, 0.29) is 5.91 Å². The van der Waals surface area contributed by atoms with Crippen LogP contribution >= 0.6 is 0 Å². The lowest BCUT2D eigenvalue weighted by molar-refractivity contribution is 0.0945. The summed E-state index contributed by atoms with van der Waals surface area (Å²) in [5.41, 5.74) is 1.77. The molecule has 0 saturated carbocycles. The SMILES string of the molecule is Cc1ccc(OCCNC(=O)c2cccnc2N2CCOCC2)cc1. The number of carbonyl (C=O) groups excluding carboxylic acids is 1. The lowest BCUT2D eigenvalue weighted by Crippen LogP contribution is -2.38. The van der Waals surface area contributed by atoms with Gasteiger partial charge in [-0.15, -0.1) is 0 Å². The smallest absolute Gasteiger partial charge is 0.255 e. The highest BCUT2D eigenvalue weighted by Gasteiger charge is 2.19. The van der Waals surface area contributed by atoms with Crippen molar-refractivity contribution in [3.05, 3.63) is 53.7 Å². The van der Waals surface area contributed by atoms with Crippen molar-refractivity contribution in [1.82, 2.24) is 10.3 Å². The predicted molar refractivity (Wildman–Crippen MR) is 96.3 cm³/mol. The summed E-state index contributed by atoms with van der Waals surface area (Å²) in [6.45, 7) is 5.68. The van der Waals surface area contributed by atoms with Crippen LogP contribution in [-0.2, 0) is 4.74 Å². The number of hydrogen-bond acceptors (Lipinski definition) is 5. The maximum Gasteiger partial charge on any atom is 0.255 e. The van der Waals surface area contributed by atoms with Crippen LogP contribution in [0.5, 0.6) is 5.75 Å². The van der Waals surface area contributed by atoms with Crippen LogP contribution in [0.4, 0.5) is 5.82 Å². The summed E-state index contributed by atoms with van der Waals surface area (Å²) >= 11 is 0. The van der Waals surface area contributed by atoms with Crippen molar-refractivity contribution in [2.24, 2.45) is 0 Å². The van der Waals surface area contributed by atoms with Gasteiger partial charge in [-0.25, -0.2) is 4.98 Å². The first-order valence-electron chi connectivity index (χ1n) is 8.49. The second-order valence-corrected chi connectivity index (χ2v) is 5.89. The van der Waals surface area contributed by atoms with E-state index >= 15 is 0 Å². The molecule has 1 aromatic heterocycles. The molecule has 132 valence electrons. The van der Waals surface area contributed by atoms with E-state index in [1.54, 1.807) is 18.3 Å². The number of morpholine rings is 1. The molecule has 6 nitrogen and oxygen atoms in total. The Labute approximate surface area is 147 Å². The van der Waals surface area contributed by atoms with Gasteiger partial charge in [-0.05, 0) is 31.2 Å². The first-order chi connectivity index (χ1) is 12.2. The fourth-order valence-corrected chi connectivity index (χ4v) is 2.66. The fraction of sp³-hybridized carbons (Fsp3) is 0.368. The Hall–Kier alpha value is -2.60. The minimum Gasteiger partial charge on any atom is -0.492 e. The van der Waals surface area contributed by atoms with Gasteiger partial charge in [0, 0.05) is 19.3 Å². The Morgan fingerprint density at radius 2 is 2.00 bits per heavy atom. The number of carbonyl (C=O) groups is 1. The molecule has 1 fully saturated rings. The topological polar surface area (TPSA) is 63.7 Å². The van der Waals surface area contributed by atoms with E-state index in [1.165, 1.54) is 5.56 Å². The summed E-state index contributed by atoms with van der Waals surface area (Å²) in [4.78, 5) is 19.0. The molecule has 25 heavy (non-hydrogen) atoms. The zero-order valence-corrected chi connectivity index (χ0v) is 14.4. The van der Waals surface area contributed by atoms with E-state index in [0.717, 1.165) is 18.8 Å². The van der Waals surface area contributed by atoms with E-state index in [4.69, 9.17) is 9.47 Å². The molecule has 0 unspecified atom stereocenters. The molecule has 1 aliphatic heterocycles. The third-order valence-corrected chi connectivity index (χ3v) is 4.02. The molecule has 1 aromatic carbocycles. The van der Waals surface area contributed by atoms with Gasteiger partial charge in [0.15, 0.2) is 0 Å². The number of aromatic nitrogens is 1. The first-order valence-corrected chi connectivity index (χ1v) is 8.49. The molecule has 6 heteroatoms. The standard InChI is InChI=1S/C19H23N3O3/c1-15-4-6-16(7-5-15)25-12-9-21-19(23)17-3-2-8-20-18(17)22-10-13-24-14-11-22/h2-8H,9-14H2,1H3,(H,21,23). The fourth-order valence-electron chi connectivity index (χ4n) is 2.66. The predicted octanol–water partition coefficient (Wildman–Crippen LogP) is 2.04. The molecule has 0 radical (unpaired) electrons. The average Bonchev–Trinajstić information content (AvgIpc) is 2.67. The average molecular weight is 341 g/mol. The number of nitrogens with one attached hydrogen (secondary N) is 1. The second-order valence-electron chi connectivity index (χ2n) is 5.89. The lowest BCUT2D eigenvalue weighted by atomic mass is 10.2.